The highest BCUT2D eigenvalue weighted by Crippen LogP contribution is 2.12. The van der Waals surface area contributed by atoms with Crippen LogP contribution in [0.4, 0.5) is 0 Å². The first-order valence-corrected chi connectivity index (χ1v) is 5.11. The lowest BCUT2D eigenvalue weighted by molar-refractivity contribution is -0.141. The van der Waals surface area contributed by atoms with Crippen LogP contribution in [0, 0.1) is 0 Å². The second kappa shape index (κ2) is 5.22. The van der Waals surface area contributed by atoms with E-state index in [4.69, 9.17) is 10.8 Å². The van der Waals surface area contributed by atoms with Gasteiger partial charge in [-0.3, -0.25) is 0 Å². The number of aliphatic carboxylic acids is 1. The summed E-state index contributed by atoms with van der Waals surface area (Å²) in [5.74, 6) is -0.206. The zero-order chi connectivity index (χ0) is 9.61. The smallest absolute Gasteiger partial charge is 0.327 e. The van der Waals surface area contributed by atoms with Crippen LogP contribution >= 0.6 is 11.8 Å². The summed E-state index contributed by atoms with van der Waals surface area (Å²) in [6, 6.07) is 0. The van der Waals surface area contributed by atoms with E-state index in [0.29, 0.717) is 6.42 Å². The van der Waals surface area contributed by atoms with Crippen LogP contribution in [-0.4, -0.2) is 28.6 Å². The van der Waals surface area contributed by atoms with Crippen LogP contribution in [-0.2, 0) is 4.79 Å². The Morgan fingerprint density at radius 2 is 2.33 bits per heavy atom. The Balaban J connectivity index is 4.29. The summed E-state index contributed by atoms with van der Waals surface area (Å²) < 4.78 is 0. The van der Waals surface area contributed by atoms with Crippen molar-refractivity contribution in [2.75, 3.05) is 12.0 Å². The Labute approximate surface area is 77.0 Å². The van der Waals surface area contributed by atoms with Crippen LogP contribution < -0.4 is 5.73 Å². The van der Waals surface area contributed by atoms with Gasteiger partial charge in [0.1, 0.15) is 5.54 Å². The summed E-state index contributed by atoms with van der Waals surface area (Å²) in [7, 11) is 0. The first-order chi connectivity index (χ1) is 5.56. The summed E-state index contributed by atoms with van der Waals surface area (Å²) in [5.41, 5.74) is 4.45. The minimum absolute atomic E-state index is 0.466. The maximum absolute atomic E-state index is 10.7. The summed E-state index contributed by atoms with van der Waals surface area (Å²) >= 11 is 1.59. The van der Waals surface area contributed by atoms with Gasteiger partial charge in [-0.05, 0) is 25.4 Å². The predicted octanol–water partition coefficient (Wildman–Crippen LogP) is 1.10. The lowest BCUT2D eigenvalue weighted by atomic mass is 9.97. The molecule has 0 amide bonds. The zero-order valence-electron chi connectivity index (χ0n) is 7.41. The first kappa shape index (κ1) is 11.5. The highest BCUT2D eigenvalue weighted by Gasteiger charge is 2.29. The molecule has 0 spiro atoms. The monoisotopic (exact) mass is 189 g/mol. The number of thioether (sulfide) groups is 1. The van der Waals surface area contributed by atoms with Gasteiger partial charge in [0.2, 0.25) is 0 Å². The van der Waals surface area contributed by atoms with Crippen molar-refractivity contribution in [3.8, 4) is 0 Å². The second-order valence-corrected chi connectivity index (χ2v) is 3.57. The molecule has 0 aromatic rings. The number of hydrogen-bond donors (Lipinski definition) is 2. The molecular weight excluding hydrogens is 174 g/mol. The van der Waals surface area contributed by atoms with Crippen LogP contribution in [0.2, 0.25) is 0 Å². The molecule has 0 bridgehead atoms. The number of carboxylic acid groups (broad SMARTS) is 1. The zero-order valence-corrected chi connectivity index (χ0v) is 8.23. The quantitative estimate of drug-likeness (QED) is 0.636. The molecule has 1 atom stereocenters. The summed E-state index contributed by atoms with van der Waals surface area (Å²) in [5, 5.41) is 8.80. The Hall–Kier alpha value is -0.480. The molecule has 0 aliphatic rings. The van der Waals surface area contributed by atoms with E-state index in [1.165, 1.54) is 6.08 Å². The summed E-state index contributed by atoms with van der Waals surface area (Å²) in [6.45, 7) is 1.77. The molecule has 0 rings (SSSR count). The third kappa shape index (κ3) is 3.28. The molecule has 3 nitrogen and oxygen atoms in total. The molecule has 0 aromatic carbocycles. The summed E-state index contributed by atoms with van der Waals surface area (Å²) in [4.78, 5) is 10.7. The van der Waals surface area contributed by atoms with Crippen LogP contribution in [0.25, 0.3) is 0 Å². The fourth-order valence-corrected chi connectivity index (χ4v) is 1.37. The third-order valence-corrected chi connectivity index (χ3v) is 2.19. The number of rotatable bonds is 5. The van der Waals surface area contributed by atoms with Crippen molar-refractivity contribution in [2.24, 2.45) is 5.73 Å². The highest BCUT2D eigenvalue weighted by molar-refractivity contribution is 7.98. The van der Waals surface area contributed by atoms with Gasteiger partial charge in [-0.2, -0.15) is 11.8 Å². The van der Waals surface area contributed by atoms with Crippen molar-refractivity contribution in [3.05, 3.63) is 12.2 Å². The molecular formula is C8H15NO2S. The molecule has 0 aliphatic heterocycles. The van der Waals surface area contributed by atoms with E-state index in [2.05, 4.69) is 0 Å². The topological polar surface area (TPSA) is 63.3 Å². The van der Waals surface area contributed by atoms with Gasteiger partial charge in [-0.1, -0.05) is 12.2 Å². The van der Waals surface area contributed by atoms with Crippen LogP contribution in [0.3, 0.4) is 0 Å². The van der Waals surface area contributed by atoms with Crippen molar-refractivity contribution in [3.63, 3.8) is 0 Å². The normalized spacial score (nSPS) is 16.2. The van der Waals surface area contributed by atoms with Crippen molar-refractivity contribution < 1.29 is 9.90 Å². The number of nitrogens with two attached hydrogens (primary N) is 1. The van der Waals surface area contributed by atoms with E-state index in [1.54, 1.807) is 24.8 Å². The van der Waals surface area contributed by atoms with Gasteiger partial charge in [0, 0.05) is 0 Å². The van der Waals surface area contributed by atoms with Gasteiger partial charge in [0.15, 0.2) is 0 Å². The first-order valence-electron chi connectivity index (χ1n) is 3.72. The molecule has 12 heavy (non-hydrogen) atoms. The standard InChI is InChI=1S/C8H15NO2S/c1-3-4-8(9,7(10)11)5-6-12-2/h3-4H,5-6,9H2,1-2H3,(H,10,11)/t8-/m0/s1. The molecule has 70 valence electrons. The fourth-order valence-electron chi connectivity index (χ4n) is 0.830. The van der Waals surface area contributed by atoms with E-state index in [1.807, 2.05) is 6.26 Å². The Kier molecular flexibility index (Phi) is 5.01. The Morgan fingerprint density at radius 1 is 1.75 bits per heavy atom. The minimum Gasteiger partial charge on any atom is -0.480 e. The van der Waals surface area contributed by atoms with Crippen molar-refractivity contribution >= 4 is 17.7 Å². The van der Waals surface area contributed by atoms with Gasteiger partial charge in [0.25, 0.3) is 0 Å². The van der Waals surface area contributed by atoms with Crippen LogP contribution in [0.1, 0.15) is 13.3 Å². The Morgan fingerprint density at radius 3 is 2.67 bits per heavy atom. The lowest BCUT2D eigenvalue weighted by Crippen LogP contribution is -2.46. The van der Waals surface area contributed by atoms with Gasteiger partial charge in [-0.15, -0.1) is 0 Å². The minimum atomic E-state index is -1.18. The average Bonchev–Trinajstić information content (AvgIpc) is 2.01. The Bertz CT molecular complexity index is 182. The number of carbonyl (C=O) groups is 1. The number of carboxylic acids is 1. The van der Waals surface area contributed by atoms with Gasteiger partial charge in [0.05, 0.1) is 0 Å². The summed E-state index contributed by atoms with van der Waals surface area (Å²) in [6.07, 6.45) is 5.60. The molecule has 3 N–H and O–H groups in total. The number of allylic oxidation sites excluding steroid dienone is 1. The van der Waals surface area contributed by atoms with Crippen molar-refractivity contribution in [2.45, 2.75) is 18.9 Å². The molecule has 0 saturated heterocycles. The maximum atomic E-state index is 10.7. The molecule has 4 heteroatoms. The van der Waals surface area contributed by atoms with E-state index >= 15 is 0 Å². The fraction of sp³-hybridized carbons (Fsp3) is 0.625. The van der Waals surface area contributed by atoms with Crippen LogP contribution in [0.5, 0.6) is 0 Å². The van der Waals surface area contributed by atoms with Crippen molar-refractivity contribution in [1.82, 2.24) is 0 Å². The van der Waals surface area contributed by atoms with E-state index in [0.717, 1.165) is 5.75 Å². The largest absolute Gasteiger partial charge is 0.480 e. The molecule has 0 radical (unpaired) electrons. The van der Waals surface area contributed by atoms with E-state index in [9.17, 15) is 4.79 Å². The third-order valence-electron chi connectivity index (χ3n) is 1.58. The molecule has 0 unspecified atom stereocenters. The highest BCUT2D eigenvalue weighted by atomic mass is 32.2. The second-order valence-electron chi connectivity index (χ2n) is 2.59. The SMILES string of the molecule is CC=C[C@](N)(CCSC)C(=O)O. The molecule has 0 heterocycles. The van der Waals surface area contributed by atoms with Crippen molar-refractivity contribution in [1.29, 1.82) is 0 Å². The van der Waals surface area contributed by atoms with Crippen LogP contribution in [0.15, 0.2) is 12.2 Å². The molecule has 0 saturated carbocycles. The average molecular weight is 189 g/mol. The van der Waals surface area contributed by atoms with Gasteiger partial charge >= 0.3 is 5.97 Å². The molecule has 0 fully saturated rings. The molecule has 0 aliphatic carbocycles. The maximum Gasteiger partial charge on any atom is 0.327 e. The van der Waals surface area contributed by atoms with Gasteiger partial charge < -0.3 is 10.8 Å². The number of hydrogen-bond acceptors (Lipinski definition) is 3. The van der Waals surface area contributed by atoms with E-state index < -0.39 is 11.5 Å². The molecule has 0 aromatic heterocycles. The lowest BCUT2D eigenvalue weighted by Gasteiger charge is -2.19. The van der Waals surface area contributed by atoms with E-state index in [-0.39, 0.29) is 0 Å². The predicted molar refractivity (Wildman–Crippen MR) is 52.4 cm³/mol. The van der Waals surface area contributed by atoms with Gasteiger partial charge in [-0.25, -0.2) is 4.79 Å².